The van der Waals surface area contributed by atoms with E-state index in [-0.39, 0.29) is 5.69 Å². The number of halogens is 3. The second-order valence-electron chi connectivity index (χ2n) is 3.95. The zero-order chi connectivity index (χ0) is 13.3. The molecule has 0 saturated carbocycles. The molecule has 0 aromatic heterocycles. The third-order valence-corrected chi connectivity index (χ3v) is 2.53. The van der Waals surface area contributed by atoms with Crippen molar-refractivity contribution < 1.29 is 13.2 Å². The van der Waals surface area contributed by atoms with Gasteiger partial charge in [-0.05, 0) is 30.7 Å². The number of benzene rings is 2. The van der Waals surface area contributed by atoms with Crippen molar-refractivity contribution in [2.24, 2.45) is 0 Å². The molecule has 2 nitrogen and oxygen atoms in total. The van der Waals surface area contributed by atoms with Crippen molar-refractivity contribution in [2.45, 2.75) is 6.92 Å². The van der Waals surface area contributed by atoms with Crippen molar-refractivity contribution in [3.8, 4) is 0 Å². The Morgan fingerprint density at radius 2 is 1.56 bits per heavy atom. The molecule has 0 bridgehead atoms. The highest BCUT2D eigenvalue weighted by Crippen LogP contribution is 2.25. The molecular formula is C13H11F3N2. The second-order valence-corrected chi connectivity index (χ2v) is 3.95. The van der Waals surface area contributed by atoms with Crippen molar-refractivity contribution in [2.75, 3.05) is 11.1 Å². The van der Waals surface area contributed by atoms with Gasteiger partial charge in [-0.15, -0.1) is 0 Å². The first-order valence-corrected chi connectivity index (χ1v) is 5.25. The van der Waals surface area contributed by atoms with Crippen LogP contribution in [0.15, 0.2) is 30.3 Å². The molecule has 2 aromatic carbocycles. The van der Waals surface area contributed by atoms with E-state index >= 15 is 0 Å². The van der Waals surface area contributed by atoms with Crippen LogP contribution in [-0.2, 0) is 0 Å². The molecule has 0 spiro atoms. The van der Waals surface area contributed by atoms with Crippen LogP contribution in [0.25, 0.3) is 0 Å². The van der Waals surface area contributed by atoms with Gasteiger partial charge in [-0.1, -0.05) is 0 Å². The number of hydrogen-bond donors (Lipinski definition) is 2. The summed E-state index contributed by atoms with van der Waals surface area (Å²) in [5.41, 5.74) is 7.39. The number of hydrogen-bond acceptors (Lipinski definition) is 2. The first-order chi connectivity index (χ1) is 8.47. The Morgan fingerprint density at radius 1 is 0.889 bits per heavy atom. The van der Waals surface area contributed by atoms with E-state index in [9.17, 15) is 13.2 Å². The monoisotopic (exact) mass is 252 g/mol. The summed E-state index contributed by atoms with van der Waals surface area (Å²) in [5, 5.41) is 2.70. The lowest BCUT2D eigenvalue weighted by molar-refractivity contribution is 0.496. The minimum atomic E-state index is -1.22. The predicted molar refractivity (Wildman–Crippen MR) is 65.2 cm³/mol. The first kappa shape index (κ1) is 12.3. The van der Waals surface area contributed by atoms with Crippen molar-refractivity contribution >= 4 is 17.1 Å². The van der Waals surface area contributed by atoms with Crippen LogP contribution in [0.3, 0.4) is 0 Å². The van der Waals surface area contributed by atoms with Gasteiger partial charge in [-0.3, -0.25) is 0 Å². The van der Waals surface area contributed by atoms with Crippen LogP contribution in [0.5, 0.6) is 0 Å². The standard InChI is InChI=1S/C13H11F3N2/c1-7-4-8(17)2-3-12(7)18-13-6-10(15)9(14)5-11(13)16/h2-6,18H,17H2,1H3. The lowest BCUT2D eigenvalue weighted by atomic mass is 10.1. The summed E-state index contributed by atoms with van der Waals surface area (Å²) in [6, 6.07) is 6.25. The van der Waals surface area contributed by atoms with Gasteiger partial charge in [-0.2, -0.15) is 0 Å². The SMILES string of the molecule is Cc1cc(N)ccc1Nc1cc(F)c(F)cc1F. The Bertz CT molecular complexity index is 597. The molecule has 0 aliphatic carbocycles. The minimum absolute atomic E-state index is 0.123. The van der Waals surface area contributed by atoms with Gasteiger partial charge in [0.05, 0.1) is 5.69 Å². The summed E-state index contributed by atoms with van der Waals surface area (Å²) in [7, 11) is 0. The fourth-order valence-corrected chi connectivity index (χ4v) is 1.59. The highest BCUT2D eigenvalue weighted by atomic mass is 19.2. The molecule has 0 aliphatic rings. The van der Waals surface area contributed by atoms with E-state index in [1.54, 1.807) is 25.1 Å². The highest BCUT2D eigenvalue weighted by molar-refractivity contribution is 5.66. The van der Waals surface area contributed by atoms with E-state index in [0.29, 0.717) is 17.4 Å². The fraction of sp³-hybridized carbons (Fsp3) is 0.0769. The van der Waals surface area contributed by atoms with E-state index in [2.05, 4.69) is 5.32 Å². The molecular weight excluding hydrogens is 241 g/mol. The number of anilines is 3. The number of rotatable bonds is 2. The third kappa shape index (κ3) is 2.40. The Hall–Kier alpha value is -2.17. The van der Waals surface area contributed by atoms with Gasteiger partial charge in [0.15, 0.2) is 11.6 Å². The molecule has 0 radical (unpaired) electrons. The van der Waals surface area contributed by atoms with Crippen LogP contribution in [-0.4, -0.2) is 0 Å². The molecule has 0 fully saturated rings. The maximum Gasteiger partial charge on any atom is 0.161 e. The van der Waals surface area contributed by atoms with Crippen molar-refractivity contribution in [3.05, 3.63) is 53.3 Å². The Kier molecular flexibility index (Phi) is 3.14. The quantitative estimate of drug-likeness (QED) is 0.631. The second kappa shape index (κ2) is 4.60. The van der Waals surface area contributed by atoms with Gasteiger partial charge in [0.25, 0.3) is 0 Å². The van der Waals surface area contributed by atoms with Crippen molar-refractivity contribution in [3.63, 3.8) is 0 Å². The van der Waals surface area contributed by atoms with Crippen LogP contribution < -0.4 is 11.1 Å². The summed E-state index contributed by atoms with van der Waals surface area (Å²) in [6.07, 6.45) is 0. The van der Waals surface area contributed by atoms with Crippen LogP contribution in [0.2, 0.25) is 0 Å². The van der Waals surface area contributed by atoms with Crippen molar-refractivity contribution in [1.82, 2.24) is 0 Å². The molecule has 3 N–H and O–H groups in total. The molecule has 0 heterocycles. The molecule has 0 unspecified atom stereocenters. The zero-order valence-corrected chi connectivity index (χ0v) is 9.60. The number of nitrogen functional groups attached to an aromatic ring is 1. The molecule has 0 atom stereocenters. The van der Waals surface area contributed by atoms with E-state index in [1.807, 2.05) is 0 Å². The summed E-state index contributed by atoms with van der Waals surface area (Å²) in [4.78, 5) is 0. The average Bonchev–Trinajstić information content (AvgIpc) is 2.29. The molecule has 2 aromatic rings. The average molecular weight is 252 g/mol. The first-order valence-electron chi connectivity index (χ1n) is 5.25. The van der Waals surface area contributed by atoms with Crippen molar-refractivity contribution in [1.29, 1.82) is 0 Å². The molecule has 0 amide bonds. The number of aryl methyl sites for hydroxylation is 1. The van der Waals surface area contributed by atoms with Gasteiger partial charge in [0.2, 0.25) is 0 Å². The number of nitrogens with one attached hydrogen (secondary N) is 1. The fourth-order valence-electron chi connectivity index (χ4n) is 1.59. The summed E-state index contributed by atoms with van der Waals surface area (Å²) < 4.78 is 39.2. The van der Waals surface area contributed by atoms with E-state index in [0.717, 1.165) is 11.6 Å². The lowest BCUT2D eigenvalue weighted by Gasteiger charge is -2.11. The summed E-state index contributed by atoms with van der Waals surface area (Å²) in [5.74, 6) is -3.18. The zero-order valence-electron chi connectivity index (χ0n) is 9.60. The van der Waals surface area contributed by atoms with E-state index in [4.69, 9.17) is 5.73 Å². The van der Waals surface area contributed by atoms with Crippen LogP contribution in [0, 0.1) is 24.4 Å². The van der Waals surface area contributed by atoms with Gasteiger partial charge < -0.3 is 11.1 Å². The van der Waals surface area contributed by atoms with Gasteiger partial charge >= 0.3 is 0 Å². The summed E-state index contributed by atoms with van der Waals surface area (Å²) in [6.45, 7) is 1.77. The highest BCUT2D eigenvalue weighted by Gasteiger charge is 2.10. The molecule has 18 heavy (non-hydrogen) atoms. The lowest BCUT2D eigenvalue weighted by Crippen LogP contribution is -1.99. The Balaban J connectivity index is 2.37. The maximum absolute atomic E-state index is 13.4. The van der Waals surface area contributed by atoms with Crippen LogP contribution in [0.4, 0.5) is 30.2 Å². The largest absolute Gasteiger partial charge is 0.399 e. The third-order valence-electron chi connectivity index (χ3n) is 2.53. The molecule has 2 rings (SSSR count). The van der Waals surface area contributed by atoms with Crippen LogP contribution >= 0.6 is 0 Å². The van der Waals surface area contributed by atoms with Gasteiger partial charge in [0.1, 0.15) is 5.82 Å². The van der Waals surface area contributed by atoms with E-state index < -0.39 is 17.5 Å². The summed E-state index contributed by atoms with van der Waals surface area (Å²) >= 11 is 0. The number of nitrogens with two attached hydrogens (primary N) is 1. The van der Waals surface area contributed by atoms with E-state index in [1.165, 1.54) is 0 Å². The van der Waals surface area contributed by atoms with Gasteiger partial charge in [-0.25, -0.2) is 13.2 Å². The molecule has 5 heteroatoms. The molecule has 0 saturated heterocycles. The normalized spacial score (nSPS) is 10.4. The Labute approximate surface area is 102 Å². The molecule has 94 valence electrons. The minimum Gasteiger partial charge on any atom is -0.399 e. The topological polar surface area (TPSA) is 38.0 Å². The maximum atomic E-state index is 13.4. The van der Waals surface area contributed by atoms with Crippen LogP contribution in [0.1, 0.15) is 5.56 Å². The smallest absolute Gasteiger partial charge is 0.161 e. The van der Waals surface area contributed by atoms with Gasteiger partial charge in [0, 0.05) is 23.5 Å². The predicted octanol–water partition coefficient (Wildman–Crippen LogP) is 3.74. The molecule has 0 aliphatic heterocycles. The Morgan fingerprint density at radius 3 is 2.22 bits per heavy atom.